The van der Waals surface area contributed by atoms with Crippen LogP contribution in [0.3, 0.4) is 0 Å². The monoisotopic (exact) mass is 279 g/mol. The highest BCUT2D eigenvalue weighted by molar-refractivity contribution is 6.35. The highest BCUT2D eigenvalue weighted by Crippen LogP contribution is 2.37. The molecule has 0 spiro atoms. The van der Waals surface area contributed by atoms with Crippen molar-refractivity contribution in [2.45, 2.75) is 53.1 Å². The van der Waals surface area contributed by atoms with Gasteiger partial charge in [-0.25, -0.2) is 0 Å². The van der Waals surface area contributed by atoms with Crippen LogP contribution in [0.15, 0.2) is 16.5 Å². The van der Waals surface area contributed by atoms with Crippen molar-refractivity contribution < 1.29 is 4.42 Å². The summed E-state index contributed by atoms with van der Waals surface area (Å²) in [6.45, 7) is 11.5. The Bertz CT molecular complexity index is 584. The molecule has 1 aromatic carbocycles. The van der Waals surface area contributed by atoms with Gasteiger partial charge < -0.3 is 9.73 Å². The number of nitrogens with one attached hydrogen (secondary N) is 1. The zero-order chi connectivity index (χ0) is 14.2. The molecule has 104 valence electrons. The molecule has 0 bridgehead atoms. The van der Waals surface area contributed by atoms with Gasteiger partial charge in [-0.05, 0) is 24.5 Å². The summed E-state index contributed by atoms with van der Waals surface area (Å²) < 4.78 is 6.03. The van der Waals surface area contributed by atoms with Crippen molar-refractivity contribution in [1.29, 1.82) is 0 Å². The lowest BCUT2D eigenvalue weighted by atomic mass is 9.96. The highest BCUT2D eigenvalue weighted by Gasteiger charge is 2.20. The van der Waals surface area contributed by atoms with E-state index in [0.29, 0.717) is 17.0 Å². The largest absolute Gasteiger partial charge is 0.458 e. The van der Waals surface area contributed by atoms with Crippen molar-refractivity contribution in [3.8, 4) is 0 Å². The number of rotatable bonds is 4. The average Bonchev–Trinajstić information content (AvgIpc) is 2.72. The fourth-order valence-corrected chi connectivity index (χ4v) is 2.64. The van der Waals surface area contributed by atoms with E-state index in [1.54, 1.807) is 0 Å². The average molecular weight is 280 g/mol. The highest BCUT2D eigenvalue weighted by atomic mass is 35.5. The van der Waals surface area contributed by atoms with Crippen molar-refractivity contribution in [3.63, 3.8) is 0 Å². The van der Waals surface area contributed by atoms with Crippen LogP contribution in [0, 0.1) is 6.92 Å². The molecular formula is C16H22ClNO. The fraction of sp³-hybridized carbons (Fsp3) is 0.500. The van der Waals surface area contributed by atoms with Gasteiger partial charge in [0.25, 0.3) is 0 Å². The molecule has 0 atom stereocenters. The second-order valence-electron chi connectivity index (χ2n) is 5.70. The molecule has 0 saturated carbocycles. The van der Waals surface area contributed by atoms with Crippen molar-refractivity contribution in [2.24, 2.45) is 0 Å². The normalized spacial score (nSPS) is 12.0. The fourth-order valence-electron chi connectivity index (χ4n) is 2.45. The summed E-state index contributed by atoms with van der Waals surface area (Å²) in [7, 11) is 0. The Balaban J connectivity index is 2.60. The van der Waals surface area contributed by atoms with Gasteiger partial charge in [0.15, 0.2) is 5.58 Å². The quantitative estimate of drug-likeness (QED) is 0.850. The Morgan fingerprint density at radius 2 is 1.89 bits per heavy atom. The van der Waals surface area contributed by atoms with E-state index in [1.165, 1.54) is 16.5 Å². The van der Waals surface area contributed by atoms with Gasteiger partial charge in [0.05, 0.1) is 11.6 Å². The number of furan rings is 1. The first-order valence-electron chi connectivity index (χ1n) is 6.85. The van der Waals surface area contributed by atoms with Crippen molar-refractivity contribution in [3.05, 3.63) is 34.0 Å². The molecule has 0 fully saturated rings. The maximum atomic E-state index is 6.27. The molecule has 0 saturated heterocycles. The van der Waals surface area contributed by atoms with Crippen LogP contribution in [-0.2, 0) is 6.54 Å². The van der Waals surface area contributed by atoms with Crippen LogP contribution in [0.1, 0.15) is 50.5 Å². The van der Waals surface area contributed by atoms with Gasteiger partial charge in [0, 0.05) is 17.0 Å². The molecule has 0 radical (unpaired) electrons. The molecule has 2 nitrogen and oxygen atoms in total. The molecule has 19 heavy (non-hydrogen) atoms. The number of halogens is 1. The zero-order valence-electron chi connectivity index (χ0n) is 12.3. The second kappa shape index (κ2) is 5.56. The maximum absolute atomic E-state index is 6.27. The number of aryl methyl sites for hydroxylation is 1. The van der Waals surface area contributed by atoms with Crippen molar-refractivity contribution in [2.75, 3.05) is 0 Å². The third-order valence-electron chi connectivity index (χ3n) is 3.36. The van der Waals surface area contributed by atoms with Crippen LogP contribution < -0.4 is 5.32 Å². The third-order valence-corrected chi connectivity index (χ3v) is 3.66. The van der Waals surface area contributed by atoms with E-state index in [4.69, 9.17) is 16.0 Å². The van der Waals surface area contributed by atoms with E-state index in [-0.39, 0.29) is 0 Å². The van der Waals surface area contributed by atoms with Gasteiger partial charge in [-0.2, -0.15) is 0 Å². The number of hydrogen-bond acceptors (Lipinski definition) is 2. The SMILES string of the molecule is Cc1ccc(Cl)c2oc(CNC(C)C)c(C(C)C)c12. The Labute approximate surface area is 120 Å². The Kier molecular flexibility index (Phi) is 4.22. The third kappa shape index (κ3) is 2.80. The molecule has 0 aliphatic rings. The van der Waals surface area contributed by atoms with Gasteiger partial charge in [-0.3, -0.25) is 0 Å². The molecule has 1 heterocycles. The van der Waals surface area contributed by atoms with Crippen LogP contribution in [-0.4, -0.2) is 6.04 Å². The van der Waals surface area contributed by atoms with E-state index in [1.807, 2.05) is 6.07 Å². The van der Waals surface area contributed by atoms with Gasteiger partial charge in [0.1, 0.15) is 5.76 Å². The summed E-state index contributed by atoms with van der Waals surface area (Å²) in [6.07, 6.45) is 0. The topological polar surface area (TPSA) is 25.2 Å². The minimum Gasteiger partial charge on any atom is -0.458 e. The minimum atomic E-state index is 0.419. The summed E-state index contributed by atoms with van der Waals surface area (Å²) in [4.78, 5) is 0. The molecule has 2 rings (SSSR count). The van der Waals surface area contributed by atoms with Gasteiger partial charge >= 0.3 is 0 Å². The van der Waals surface area contributed by atoms with E-state index in [0.717, 1.165) is 17.9 Å². The summed E-state index contributed by atoms with van der Waals surface area (Å²) in [5, 5.41) is 5.30. The lowest BCUT2D eigenvalue weighted by molar-refractivity contribution is 0.480. The molecule has 1 aromatic heterocycles. The van der Waals surface area contributed by atoms with E-state index in [9.17, 15) is 0 Å². The molecule has 0 amide bonds. The molecule has 0 aliphatic heterocycles. The second-order valence-corrected chi connectivity index (χ2v) is 6.10. The maximum Gasteiger partial charge on any atom is 0.153 e. The van der Waals surface area contributed by atoms with Crippen LogP contribution >= 0.6 is 11.6 Å². The molecule has 3 heteroatoms. The minimum absolute atomic E-state index is 0.419. The zero-order valence-corrected chi connectivity index (χ0v) is 13.1. The summed E-state index contributed by atoms with van der Waals surface area (Å²) >= 11 is 6.27. The Morgan fingerprint density at radius 3 is 2.47 bits per heavy atom. The van der Waals surface area contributed by atoms with Gasteiger partial charge in [0.2, 0.25) is 0 Å². The van der Waals surface area contributed by atoms with E-state index < -0.39 is 0 Å². The number of benzene rings is 1. The summed E-state index contributed by atoms with van der Waals surface area (Å²) in [5.41, 5.74) is 3.33. The summed E-state index contributed by atoms with van der Waals surface area (Å²) in [6, 6.07) is 4.41. The molecule has 2 aromatic rings. The van der Waals surface area contributed by atoms with Gasteiger partial charge in [-0.15, -0.1) is 0 Å². The molecular weight excluding hydrogens is 258 g/mol. The molecule has 0 aliphatic carbocycles. The van der Waals surface area contributed by atoms with E-state index in [2.05, 4.69) is 46.0 Å². The smallest absolute Gasteiger partial charge is 0.153 e. The van der Waals surface area contributed by atoms with Crippen LogP contribution in [0.4, 0.5) is 0 Å². The number of fused-ring (bicyclic) bond motifs is 1. The molecule has 1 N–H and O–H groups in total. The predicted molar refractivity (Wildman–Crippen MR) is 82.0 cm³/mol. The lowest BCUT2D eigenvalue weighted by Gasteiger charge is -2.10. The predicted octanol–water partition coefficient (Wildman–Crippen LogP) is 5.02. The molecule has 0 unspecified atom stereocenters. The first-order valence-corrected chi connectivity index (χ1v) is 7.23. The van der Waals surface area contributed by atoms with Crippen LogP contribution in [0.5, 0.6) is 0 Å². The van der Waals surface area contributed by atoms with Crippen molar-refractivity contribution >= 4 is 22.6 Å². The van der Waals surface area contributed by atoms with E-state index >= 15 is 0 Å². The van der Waals surface area contributed by atoms with Crippen LogP contribution in [0.2, 0.25) is 5.02 Å². The Hall–Kier alpha value is -0.990. The Morgan fingerprint density at radius 1 is 1.21 bits per heavy atom. The lowest BCUT2D eigenvalue weighted by Crippen LogP contribution is -2.22. The first-order chi connectivity index (χ1) is 8.91. The standard InChI is InChI=1S/C16H22ClNO/c1-9(2)14-13(8-18-10(3)4)19-16-12(17)7-6-11(5)15(14)16/h6-7,9-10,18H,8H2,1-5H3. The van der Waals surface area contributed by atoms with Gasteiger partial charge in [-0.1, -0.05) is 45.4 Å². The number of hydrogen-bond donors (Lipinski definition) is 1. The van der Waals surface area contributed by atoms with Crippen molar-refractivity contribution in [1.82, 2.24) is 5.32 Å². The summed E-state index contributed by atoms with van der Waals surface area (Å²) in [5.74, 6) is 1.43. The first kappa shape index (κ1) is 14.4. The van der Waals surface area contributed by atoms with Crippen LogP contribution in [0.25, 0.3) is 11.0 Å².